The molecule has 0 radical (unpaired) electrons. The van der Waals surface area contributed by atoms with E-state index in [1.807, 2.05) is 0 Å². The molecule has 1 aliphatic carbocycles. The van der Waals surface area contributed by atoms with Crippen molar-refractivity contribution < 1.29 is 4.74 Å². The van der Waals surface area contributed by atoms with Gasteiger partial charge in [0.05, 0.1) is 11.7 Å². The van der Waals surface area contributed by atoms with Crippen LogP contribution in [0.4, 0.5) is 0 Å². The van der Waals surface area contributed by atoms with Gasteiger partial charge in [-0.05, 0) is 57.8 Å². The standard InChI is InChI=1S/C13H23BrO/c1-9-10(4-5-12(9)14)8-11-6-7-13(2,3)15-11/h9-12H,4-8H2,1-3H3. The summed E-state index contributed by atoms with van der Waals surface area (Å²) in [4.78, 5) is 0.747. The Morgan fingerprint density at radius 3 is 2.47 bits per heavy atom. The average Bonchev–Trinajstić information content (AvgIpc) is 2.63. The Morgan fingerprint density at radius 1 is 1.27 bits per heavy atom. The number of hydrogen-bond acceptors (Lipinski definition) is 1. The topological polar surface area (TPSA) is 9.23 Å². The maximum absolute atomic E-state index is 6.08. The molecule has 15 heavy (non-hydrogen) atoms. The summed E-state index contributed by atoms with van der Waals surface area (Å²) in [6.45, 7) is 6.83. The molecule has 0 aromatic carbocycles. The fourth-order valence-corrected chi connectivity index (χ4v) is 3.80. The van der Waals surface area contributed by atoms with E-state index in [9.17, 15) is 0 Å². The van der Waals surface area contributed by atoms with E-state index >= 15 is 0 Å². The molecule has 1 saturated heterocycles. The summed E-state index contributed by atoms with van der Waals surface area (Å²) < 4.78 is 6.08. The van der Waals surface area contributed by atoms with E-state index in [0.29, 0.717) is 6.10 Å². The monoisotopic (exact) mass is 274 g/mol. The highest BCUT2D eigenvalue weighted by Gasteiger charge is 2.37. The fraction of sp³-hybridized carbons (Fsp3) is 1.00. The second kappa shape index (κ2) is 4.37. The molecule has 2 fully saturated rings. The van der Waals surface area contributed by atoms with Crippen molar-refractivity contribution in [1.29, 1.82) is 0 Å². The van der Waals surface area contributed by atoms with Crippen LogP contribution >= 0.6 is 15.9 Å². The molecule has 4 atom stereocenters. The van der Waals surface area contributed by atoms with Gasteiger partial charge in [0.1, 0.15) is 0 Å². The van der Waals surface area contributed by atoms with Crippen LogP contribution in [-0.2, 0) is 4.74 Å². The SMILES string of the molecule is CC1C(Br)CCC1CC1CCC(C)(C)O1. The zero-order valence-corrected chi connectivity index (χ0v) is 11.7. The highest BCUT2D eigenvalue weighted by atomic mass is 79.9. The summed E-state index contributed by atoms with van der Waals surface area (Å²) in [5.41, 5.74) is 0.139. The minimum absolute atomic E-state index is 0.139. The quantitative estimate of drug-likeness (QED) is 0.688. The summed E-state index contributed by atoms with van der Waals surface area (Å²) >= 11 is 3.78. The highest BCUT2D eigenvalue weighted by Crippen LogP contribution is 2.42. The molecule has 2 aliphatic rings. The lowest BCUT2D eigenvalue weighted by atomic mass is 9.91. The third-order valence-electron chi connectivity index (χ3n) is 4.25. The molecule has 1 saturated carbocycles. The van der Waals surface area contributed by atoms with Gasteiger partial charge in [-0.15, -0.1) is 0 Å². The van der Waals surface area contributed by atoms with Crippen LogP contribution in [0.1, 0.15) is 52.9 Å². The maximum Gasteiger partial charge on any atom is 0.0631 e. The van der Waals surface area contributed by atoms with Crippen molar-refractivity contribution in [2.45, 2.75) is 69.4 Å². The van der Waals surface area contributed by atoms with Gasteiger partial charge < -0.3 is 4.74 Å². The van der Waals surface area contributed by atoms with Crippen LogP contribution in [0.2, 0.25) is 0 Å². The molecule has 0 bridgehead atoms. The van der Waals surface area contributed by atoms with Crippen molar-refractivity contribution in [3.05, 3.63) is 0 Å². The molecule has 2 heteroatoms. The van der Waals surface area contributed by atoms with Crippen LogP contribution in [0, 0.1) is 11.8 Å². The van der Waals surface area contributed by atoms with Crippen molar-refractivity contribution in [2.24, 2.45) is 11.8 Å². The van der Waals surface area contributed by atoms with E-state index in [4.69, 9.17) is 4.74 Å². The lowest BCUT2D eigenvalue weighted by molar-refractivity contribution is -0.0261. The summed E-state index contributed by atoms with van der Waals surface area (Å²) in [5, 5.41) is 0. The molecule has 1 heterocycles. The average molecular weight is 275 g/mol. The number of rotatable bonds is 2. The van der Waals surface area contributed by atoms with Crippen molar-refractivity contribution in [3.63, 3.8) is 0 Å². The number of ether oxygens (including phenoxy) is 1. The predicted molar refractivity (Wildman–Crippen MR) is 67.4 cm³/mol. The van der Waals surface area contributed by atoms with Gasteiger partial charge in [0, 0.05) is 4.83 Å². The molecule has 0 aromatic rings. The van der Waals surface area contributed by atoms with E-state index in [-0.39, 0.29) is 5.60 Å². The van der Waals surface area contributed by atoms with Crippen LogP contribution in [0.3, 0.4) is 0 Å². The summed E-state index contributed by atoms with van der Waals surface area (Å²) in [7, 11) is 0. The van der Waals surface area contributed by atoms with E-state index in [0.717, 1.165) is 16.7 Å². The van der Waals surface area contributed by atoms with Crippen molar-refractivity contribution >= 4 is 15.9 Å². The second-order valence-electron chi connectivity index (χ2n) is 5.99. The molecular weight excluding hydrogens is 252 g/mol. The van der Waals surface area contributed by atoms with Crippen LogP contribution in [0.15, 0.2) is 0 Å². The van der Waals surface area contributed by atoms with Gasteiger partial charge in [0.25, 0.3) is 0 Å². The van der Waals surface area contributed by atoms with Crippen LogP contribution in [-0.4, -0.2) is 16.5 Å². The van der Waals surface area contributed by atoms with Gasteiger partial charge in [0.15, 0.2) is 0 Å². The molecule has 1 aliphatic heterocycles. The Morgan fingerprint density at radius 2 is 2.00 bits per heavy atom. The first-order chi connectivity index (χ1) is 6.98. The molecule has 4 unspecified atom stereocenters. The number of halogens is 1. The Hall–Kier alpha value is 0.440. The molecule has 0 spiro atoms. The Kier molecular flexibility index (Phi) is 3.47. The third kappa shape index (κ3) is 2.76. The van der Waals surface area contributed by atoms with E-state index in [2.05, 4.69) is 36.7 Å². The zero-order valence-electron chi connectivity index (χ0n) is 10.1. The lowest BCUT2D eigenvalue weighted by Gasteiger charge is -2.23. The molecule has 0 amide bonds. The smallest absolute Gasteiger partial charge is 0.0631 e. The van der Waals surface area contributed by atoms with Crippen LogP contribution < -0.4 is 0 Å². The predicted octanol–water partition coefficient (Wildman–Crippen LogP) is 4.14. The largest absolute Gasteiger partial charge is 0.372 e. The molecule has 0 aromatic heterocycles. The maximum atomic E-state index is 6.08. The zero-order chi connectivity index (χ0) is 11.1. The summed E-state index contributed by atoms with van der Waals surface area (Å²) in [5.74, 6) is 1.71. The van der Waals surface area contributed by atoms with Crippen LogP contribution in [0.25, 0.3) is 0 Å². The van der Waals surface area contributed by atoms with Gasteiger partial charge in [-0.1, -0.05) is 22.9 Å². The van der Waals surface area contributed by atoms with Gasteiger partial charge in [-0.3, -0.25) is 0 Å². The molecule has 2 rings (SSSR count). The fourth-order valence-electron chi connectivity index (χ4n) is 3.11. The van der Waals surface area contributed by atoms with Gasteiger partial charge in [-0.25, -0.2) is 0 Å². The van der Waals surface area contributed by atoms with E-state index in [1.54, 1.807) is 0 Å². The Bertz CT molecular complexity index is 227. The van der Waals surface area contributed by atoms with Crippen LogP contribution in [0.5, 0.6) is 0 Å². The number of hydrogen-bond donors (Lipinski definition) is 0. The Labute approximate surface area is 102 Å². The van der Waals surface area contributed by atoms with Gasteiger partial charge in [-0.2, -0.15) is 0 Å². The highest BCUT2D eigenvalue weighted by molar-refractivity contribution is 9.09. The number of alkyl halides is 1. The normalized spacial score (nSPS) is 44.8. The molecular formula is C13H23BrO. The lowest BCUT2D eigenvalue weighted by Crippen LogP contribution is -2.23. The Balaban J connectivity index is 1.83. The molecule has 0 N–H and O–H groups in total. The molecule has 88 valence electrons. The summed E-state index contributed by atoms with van der Waals surface area (Å²) in [6.07, 6.45) is 7.05. The van der Waals surface area contributed by atoms with Gasteiger partial charge in [0.2, 0.25) is 0 Å². The molecule has 1 nitrogen and oxygen atoms in total. The summed E-state index contributed by atoms with van der Waals surface area (Å²) in [6, 6.07) is 0. The first kappa shape index (κ1) is 11.9. The second-order valence-corrected chi connectivity index (χ2v) is 7.16. The minimum atomic E-state index is 0.139. The third-order valence-corrected chi connectivity index (χ3v) is 5.54. The van der Waals surface area contributed by atoms with E-state index < -0.39 is 0 Å². The van der Waals surface area contributed by atoms with Gasteiger partial charge >= 0.3 is 0 Å². The van der Waals surface area contributed by atoms with E-state index in [1.165, 1.54) is 32.1 Å². The first-order valence-electron chi connectivity index (χ1n) is 6.30. The van der Waals surface area contributed by atoms with Crippen molar-refractivity contribution in [2.75, 3.05) is 0 Å². The van der Waals surface area contributed by atoms with Crippen molar-refractivity contribution in [1.82, 2.24) is 0 Å². The minimum Gasteiger partial charge on any atom is -0.372 e. The van der Waals surface area contributed by atoms with Crippen molar-refractivity contribution in [3.8, 4) is 0 Å². The first-order valence-corrected chi connectivity index (χ1v) is 7.21.